The fourth-order valence-corrected chi connectivity index (χ4v) is 0.256. The van der Waals surface area contributed by atoms with E-state index in [1.807, 2.05) is 0 Å². The summed E-state index contributed by atoms with van der Waals surface area (Å²) in [6, 6.07) is 0. The van der Waals surface area contributed by atoms with Gasteiger partial charge in [0.25, 0.3) is 0 Å². The second-order valence-electron chi connectivity index (χ2n) is 0.874. The minimum atomic E-state index is -5.84. The summed E-state index contributed by atoms with van der Waals surface area (Å²) in [7, 11) is -8.85. The van der Waals surface area contributed by atoms with E-state index in [9.17, 15) is 18.4 Å². The van der Waals surface area contributed by atoms with Gasteiger partial charge in [-0.25, -0.2) is 4.57 Å². The monoisotopic (exact) mass is 174 g/mol. The van der Waals surface area contributed by atoms with Gasteiger partial charge < -0.3 is 14.9 Å². The molecule has 0 amide bonds. The van der Waals surface area contributed by atoms with Crippen LogP contribution in [0.25, 0.3) is 0 Å². The van der Waals surface area contributed by atoms with Crippen molar-refractivity contribution in [2.24, 2.45) is 0 Å². The van der Waals surface area contributed by atoms with Gasteiger partial charge in [-0.3, -0.25) is 0 Å². The predicted octanol–water partition coefficient (Wildman–Crippen LogP) is -7.30. The number of hydrogen-bond donors (Lipinski definition) is 0. The van der Waals surface area contributed by atoms with Crippen molar-refractivity contribution in [1.82, 2.24) is 0 Å². The molecule has 0 fully saturated rings. The minimum absolute atomic E-state index is 0. The van der Waals surface area contributed by atoms with Crippen LogP contribution in [0.15, 0.2) is 0 Å². The molecule has 0 aromatic rings. The van der Waals surface area contributed by atoms with Gasteiger partial charge in [0.1, 0.15) is 7.32 Å². The summed E-state index contributed by atoms with van der Waals surface area (Å²) in [5.41, 5.74) is 0. The van der Waals surface area contributed by atoms with Gasteiger partial charge in [0.2, 0.25) is 0 Å². The molecule has 0 aromatic carbocycles. The van der Waals surface area contributed by atoms with E-state index in [0.717, 1.165) is 0 Å². The molecule has 54 valence electrons. The molecule has 11 heavy (non-hydrogen) atoms. The fourth-order valence-electron chi connectivity index (χ4n) is 0.0852. The van der Waals surface area contributed by atoms with Crippen molar-refractivity contribution in [3.8, 4) is 0 Å². The van der Waals surface area contributed by atoms with Gasteiger partial charge in [-0.05, 0) is 0 Å². The molecule has 0 spiro atoms. The molecule has 0 aromatic heterocycles. The van der Waals surface area contributed by atoms with E-state index in [2.05, 4.69) is 9.48 Å². The Morgan fingerprint density at radius 3 is 1.73 bits per heavy atom. The van der Waals surface area contributed by atoms with Gasteiger partial charge >= 0.3 is 45.7 Å². The zero-order chi connectivity index (χ0) is 7.49. The molecule has 0 bridgehead atoms. The first kappa shape index (κ1) is 18.1. The predicted molar refractivity (Wildman–Crippen MR) is 17.7 cm³/mol. The van der Waals surface area contributed by atoms with Crippen LogP contribution in [0.3, 0.4) is 0 Å². The first-order valence-electron chi connectivity index (χ1n) is 1.58. The van der Waals surface area contributed by atoms with Crippen LogP contribution >= 0.6 is 7.99 Å². The molecule has 0 rings (SSSR count). The molecule has 0 aliphatic heterocycles. The Balaban J connectivity index is -0.000000320. The second-order valence-corrected chi connectivity index (χ2v) is 1.85. The number of halogens is 2. The van der Waals surface area contributed by atoms with Gasteiger partial charge in [-0.15, -0.1) is 13.1 Å². The van der Waals surface area contributed by atoms with E-state index in [4.69, 9.17) is 4.57 Å². The fraction of sp³-hybridized carbons (Fsp3) is 0. The SMILES string of the molecule is O=P(F)(F)OOB([O-])[O-].[Li+].[Li+]. The quantitative estimate of drug-likeness (QED) is 0.183. The second kappa shape index (κ2) is 7.82. The van der Waals surface area contributed by atoms with Crippen LogP contribution in [-0.4, -0.2) is 7.32 Å². The maximum atomic E-state index is 11.0. The molecule has 0 unspecified atom stereocenters. The van der Waals surface area contributed by atoms with Crippen LogP contribution in [0.5, 0.6) is 0 Å². The summed E-state index contributed by atoms with van der Waals surface area (Å²) in [5, 5.41) is 18.4. The van der Waals surface area contributed by atoms with Crippen molar-refractivity contribution in [3.63, 3.8) is 0 Å². The van der Waals surface area contributed by atoms with Gasteiger partial charge in [0, 0.05) is 0 Å². The van der Waals surface area contributed by atoms with E-state index in [1.54, 1.807) is 0 Å². The van der Waals surface area contributed by atoms with E-state index >= 15 is 0 Å². The third-order valence-corrected chi connectivity index (χ3v) is 0.468. The van der Waals surface area contributed by atoms with Crippen molar-refractivity contribution in [1.29, 1.82) is 0 Å². The molecule has 0 aliphatic carbocycles. The van der Waals surface area contributed by atoms with Gasteiger partial charge in [-0.2, -0.15) is 0 Å². The van der Waals surface area contributed by atoms with E-state index in [-0.39, 0.29) is 37.7 Å². The van der Waals surface area contributed by atoms with Crippen molar-refractivity contribution in [2.45, 2.75) is 0 Å². The first-order chi connectivity index (χ1) is 3.92. The van der Waals surface area contributed by atoms with Crippen molar-refractivity contribution < 1.29 is 70.2 Å². The molecule has 5 nitrogen and oxygen atoms in total. The summed E-state index contributed by atoms with van der Waals surface area (Å²) in [5.74, 6) is 0. The van der Waals surface area contributed by atoms with Gasteiger partial charge in [0.15, 0.2) is 0 Å². The Labute approximate surface area is 85.6 Å². The Morgan fingerprint density at radius 2 is 1.64 bits per heavy atom. The maximum Gasteiger partial charge on any atom is 1.00 e. The summed E-state index contributed by atoms with van der Waals surface area (Å²) in [4.78, 5) is 2.78. The van der Waals surface area contributed by atoms with Crippen molar-refractivity contribution in [2.75, 3.05) is 0 Å². The molecule has 0 N–H and O–H groups in total. The van der Waals surface area contributed by atoms with Crippen LogP contribution in [0.2, 0.25) is 0 Å². The standard InChI is InChI=1S/BF2O5P.2Li/c2-9(3,6)8-7-1(4)5;;/q-2;2*+1. The summed E-state index contributed by atoms with van der Waals surface area (Å²) >= 11 is 0. The zero-order valence-corrected chi connectivity index (χ0v) is 6.72. The van der Waals surface area contributed by atoms with Gasteiger partial charge in [-0.1, -0.05) is 0 Å². The summed E-state index contributed by atoms with van der Waals surface area (Å²) in [6.45, 7) is 0. The molecule has 0 radical (unpaired) electrons. The average Bonchev–Trinajstić information content (AvgIpc) is 1.59. The van der Waals surface area contributed by atoms with Crippen LogP contribution in [0, 0.1) is 0 Å². The van der Waals surface area contributed by atoms with Crippen molar-refractivity contribution >= 4 is 15.3 Å². The molecular formula is BF2Li2O5P. The third-order valence-electron chi connectivity index (χ3n) is 0.208. The summed E-state index contributed by atoms with van der Waals surface area (Å²) < 4.78 is 33.8. The number of hydrogen-bond acceptors (Lipinski definition) is 5. The molecule has 0 atom stereocenters. The molecular weight excluding hydrogens is 174 g/mol. The van der Waals surface area contributed by atoms with Crippen LogP contribution < -0.4 is 47.8 Å². The Bertz CT molecular complexity index is 126. The minimum Gasteiger partial charge on any atom is -0.868 e. The van der Waals surface area contributed by atoms with Crippen LogP contribution in [-0.2, 0) is 14.0 Å². The largest absolute Gasteiger partial charge is 1.00 e. The summed E-state index contributed by atoms with van der Waals surface area (Å²) in [6.07, 6.45) is 0. The maximum absolute atomic E-state index is 11.0. The van der Waals surface area contributed by atoms with E-state index in [0.29, 0.717) is 0 Å². The zero-order valence-electron chi connectivity index (χ0n) is 5.82. The van der Waals surface area contributed by atoms with E-state index in [1.165, 1.54) is 0 Å². The third kappa shape index (κ3) is 18.3. The Kier molecular flexibility index (Phi) is 12.8. The molecule has 0 heterocycles. The van der Waals surface area contributed by atoms with Crippen LogP contribution in [0.1, 0.15) is 0 Å². The molecule has 0 saturated heterocycles. The number of rotatable bonds is 3. The Hall–Kier alpha value is 1.19. The molecule has 0 saturated carbocycles. The molecule has 11 heteroatoms. The van der Waals surface area contributed by atoms with Crippen LogP contribution in [0.4, 0.5) is 8.39 Å². The smallest absolute Gasteiger partial charge is 0.868 e. The van der Waals surface area contributed by atoms with Gasteiger partial charge in [0.05, 0.1) is 0 Å². The molecule has 0 aliphatic rings. The average molecular weight is 174 g/mol. The van der Waals surface area contributed by atoms with E-state index < -0.39 is 15.3 Å². The topological polar surface area (TPSA) is 81.7 Å². The normalized spacial score (nSPS) is 9.45. The first-order valence-corrected chi connectivity index (χ1v) is 2.98. The van der Waals surface area contributed by atoms with Crippen molar-refractivity contribution in [3.05, 3.63) is 0 Å². The Morgan fingerprint density at radius 1 is 1.27 bits per heavy atom.